The highest BCUT2D eigenvalue weighted by Gasteiger charge is 2.15. The highest BCUT2D eigenvalue weighted by atomic mass is 32.1. The highest BCUT2D eigenvalue weighted by Crippen LogP contribution is 2.34. The van der Waals surface area contributed by atoms with Crippen molar-refractivity contribution in [3.63, 3.8) is 0 Å². The maximum absolute atomic E-state index is 5.77. The summed E-state index contributed by atoms with van der Waals surface area (Å²) in [4.78, 5) is 5.63. The Morgan fingerprint density at radius 2 is 1.71 bits per heavy atom. The number of hydrogen-bond donors (Lipinski definition) is 0. The molecular weight excluding hydrogens is 406 g/mol. The number of ether oxygens (including phenoxy) is 2. The monoisotopic (exact) mass is 435 g/mol. The minimum absolute atomic E-state index is 0.131. The Morgan fingerprint density at radius 1 is 1.00 bits per heavy atom. The van der Waals surface area contributed by atoms with Crippen LogP contribution in [0.5, 0.6) is 11.5 Å². The van der Waals surface area contributed by atoms with Crippen LogP contribution in [0, 0.1) is 0 Å². The van der Waals surface area contributed by atoms with E-state index in [1.807, 2.05) is 29.1 Å². The molecule has 4 rings (SSSR count). The zero-order valence-corrected chi connectivity index (χ0v) is 19.6. The summed E-state index contributed by atoms with van der Waals surface area (Å²) >= 11 is 1.59. The fourth-order valence-corrected chi connectivity index (χ4v) is 4.29. The lowest BCUT2D eigenvalue weighted by molar-refractivity contribution is 0.171. The number of thiazole rings is 1. The summed E-state index contributed by atoms with van der Waals surface area (Å²) in [6, 6.07) is 14.7. The number of aromatic nitrogens is 1. The number of fused-ring (bicyclic) bond motifs is 1. The minimum Gasteiger partial charge on any atom is -0.486 e. The highest BCUT2D eigenvalue weighted by molar-refractivity contribution is 7.07. The summed E-state index contributed by atoms with van der Waals surface area (Å²) in [5.74, 6) is 1.55. The second-order valence-electron chi connectivity index (χ2n) is 8.91. The molecule has 0 amide bonds. The normalized spacial score (nSPS) is 14.6. The number of nitrogens with zero attached hydrogens (tertiary/aromatic N) is 3. The first-order valence-electron chi connectivity index (χ1n) is 10.6. The van der Waals surface area contributed by atoms with Crippen LogP contribution in [0.3, 0.4) is 0 Å². The smallest absolute Gasteiger partial charge is 0.206 e. The van der Waals surface area contributed by atoms with E-state index in [1.165, 1.54) is 5.56 Å². The van der Waals surface area contributed by atoms with Gasteiger partial charge in [-0.1, -0.05) is 45.0 Å². The Morgan fingerprint density at radius 3 is 2.39 bits per heavy atom. The van der Waals surface area contributed by atoms with E-state index in [0.29, 0.717) is 13.2 Å². The second kappa shape index (κ2) is 8.71. The minimum atomic E-state index is 0.131. The quantitative estimate of drug-likeness (QED) is 0.510. The Bertz CT molecular complexity index is 1150. The van der Waals surface area contributed by atoms with Crippen molar-refractivity contribution in [2.75, 3.05) is 13.2 Å². The van der Waals surface area contributed by atoms with Crippen molar-refractivity contribution < 1.29 is 9.47 Å². The summed E-state index contributed by atoms with van der Waals surface area (Å²) in [6.07, 6.45) is 1.89. The summed E-state index contributed by atoms with van der Waals surface area (Å²) in [6.45, 7) is 12.0. The lowest BCUT2D eigenvalue weighted by Gasteiger charge is -2.19. The van der Waals surface area contributed by atoms with Crippen LogP contribution in [-0.2, 0) is 5.41 Å². The fraction of sp³-hybridized carbons (Fsp3) is 0.360. The third kappa shape index (κ3) is 4.90. The van der Waals surface area contributed by atoms with Gasteiger partial charge in [0.05, 0.1) is 11.9 Å². The van der Waals surface area contributed by atoms with E-state index in [2.05, 4.69) is 64.3 Å². The van der Waals surface area contributed by atoms with Crippen LogP contribution < -0.4 is 14.3 Å². The van der Waals surface area contributed by atoms with Crippen LogP contribution >= 0.6 is 11.3 Å². The van der Waals surface area contributed by atoms with Crippen LogP contribution in [0.15, 0.2) is 57.9 Å². The number of hydrogen-bond acceptors (Lipinski definition) is 5. The summed E-state index contributed by atoms with van der Waals surface area (Å²) in [5.41, 5.74) is 4.48. The number of rotatable bonds is 4. The Kier molecular flexibility index (Phi) is 6.01. The molecule has 6 heteroatoms. The van der Waals surface area contributed by atoms with E-state index < -0.39 is 0 Å². The largest absolute Gasteiger partial charge is 0.486 e. The van der Waals surface area contributed by atoms with Gasteiger partial charge in [-0.3, -0.25) is 4.99 Å². The standard InChI is InChI=1S/C25H29N3O2S/c1-17(2)27-24-28(26-15-18-6-9-20(10-7-18)25(3,4)5)21(16-31-24)19-8-11-22-23(14-19)30-13-12-29-22/h6-11,14-17H,12-13H2,1-5H3/b26-15+,27-24?. The molecule has 162 valence electrons. The topological polar surface area (TPSA) is 48.1 Å². The van der Waals surface area contributed by atoms with Crippen LogP contribution in [0.1, 0.15) is 45.7 Å². The van der Waals surface area contributed by atoms with E-state index in [1.54, 1.807) is 11.3 Å². The van der Waals surface area contributed by atoms with Gasteiger partial charge in [-0.15, -0.1) is 11.3 Å². The van der Waals surface area contributed by atoms with Crippen LogP contribution in [0.4, 0.5) is 0 Å². The van der Waals surface area contributed by atoms with Gasteiger partial charge in [0.25, 0.3) is 0 Å². The van der Waals surface area contributed by atoms with Crippen LogP contribution in [-0.4, -0.2) is 30.1 Å². The molecule has 0 fully saturated rings. The zero-order chi connectivity index (χ0) is 22.0. The molecule has 1 aromatic heterocycles. The third-order valence-corrected chi connectivity index (χ3v) is 5.82. The molecule has 2 aromatic carbocycles. The van der Waals surface area contributed by atoms with Gasteiger partial charge in [-0.05, 0) is 48.6 Å². The second-order valence-corrected chi connectivity index (χ2v) is 9.75. The molecule has 0 saturated carbocycles. The van der Waals surface area contributed by atoms with Crippen molar-refractivity contribution in [3.05, 3.63) is 63.8 Å². The first-order chi connectivity index (χ1) is 14.8. The van der Waals surface area contributed by atoms with E-state index in [9.17, 15) is 0 Å². The lowest BCUT2D eigenvalue weighted by atomic mass is 9.87. The van der Waals surface area contributed by atoms with Gasteiger partial charge in [0.15, 0.2) is 11.5 Å². The zero-order valence-electron chi connectivity index (χ0n) is 18.8. The van der Waals surface area contributed by atoms with E-state index in [-0.39, 0.29) is 11.5 Å². The first kappa shape index (κ1) is 21.4. The molecular formula is C25H29N3O2S. The third-order valence-electron chi connectivity index (χ3n) is 4.99. The van der Waals surface area contributed by atoms with Gasteiger partial charge in [-0.25, -0.2) is 4.68 Å². The van der Waals surface area contributed by atoms with Gasteiger partial charge < -0.3 is 9.47 Å². The molecule has 0 atom stereocenters. The molecule has 0 N–H and O–H groups in total. The number of benzene rings is 2. The van der Waals surface area contributed by atoms with Crippen molar-refractivity contribution in [3.8, 4) is 22.8 Å². The van der Waals surface area contributed by atoms with Crippen molar-refractivity contribution >= 4 is 17.6 Å². The van der Waals surface area contributed by atoms with Gasteiger partial charge in [0.2, 0.25) is 4.80 Å². The van der Waals surface area contributed by atoms with Gasteiger partial charge in [0, 0.05) is 17.0 Å². The Balaban J connectivity index is 1.72. The van der Waals surface area contributed by atoms with E-state index in [4.69, 9.17) is 19.6 Å². The molecule has 2 heterocycles. The average molecular weight is 436 g/mol. The fourth-order valence-electron chi connectivity index (χ4n) is 3.32. The Labute approximate surface area is 187 Å². The average Bonchev–Trinajstić information content (AvgIpc) is 3.13. The van der Waals surface area contributed by atoms with Crippen molar-refractivity contribution in [1.29, 1.82) is 0 Å². The predicted octanol–water partition coefficient (Wildman–Crippen LogP) is 5.48. The summed E-state index contributed by atoms with van der Waals surface area (Å²) < 4.78 is 13.3. The van der Waals surface area contributed by atoms with Crippen molar-refractivity contribution in [2.24, 2.45) is 10.1 Å². The molecule has 0 aliphatic carbocycles. The first-order valence-corrected chi connectivity index (χ1v) is 11.5. The molecule has 0 radical (unpaired) electrons. The maximum atomic E-state index is 5.77. The molecule has 31 heavy (non-hydrogen) atoms. The molecule has 0 unspecified atom stereocenters. The Hall–Kier alpha value is -2.86. The van der Waals surface area contributed by atoms with Crippen LogP contribution in [0.25, 0.3) is 11.3 Å². The molecule has 3 aromatic rings. The van der Waals surface area contributed by atoms with Crippen molar-refractivity contribution in [2.45, 2.75) is 46.1 Å². The molecule has 5 nitrogen and oxygen atoms in total. The van der Waals surface area contributed by atoms with Gasteiger partial charge in [-0.2, -0.15) is 5.10 Å². The van der Waals surface area contributed by atoms with Crippen LogP contribution in [0.2, 0.25) is 0 Å². The van der Waals surface area contributed by atoms with Gasteiger partial charge >= 0.3 is 0 Å². The van der Waals surface area contributed by atoms with E-state index >= 15 is 0 Å². The summed E-state index contributed by atoms with van der Waals surface area (Å²) in [7, 11) is 0. The maximum Gasteiger partial charge on any atom is 0.206 e. The SMILES string of the molecule is CC(C)N=c1scc(-c2ccc3c(c2)OCCO3)n1/N=C/c1ccc(C(C)(C)C)cc1. The molecule has 1 aliphatic rings. The molecule has 1 aliphatic heterocycles. The summed E-state index contributed by atoms with van der Waals surface area (Å²) in [5, 5.41) is 6.90. The van der Waals surface area contributed by atoms with Gasteiger partial charge in [0.1, 0.15) is 13.2 Å². The molecule has 0 bridgehead atoms. The lowest BCUT2D eigenvalue weighted by Crippen LogP contribution is -2.16. The molecule has 0 saturated heterocycles. The van der Waals surface area contributed by atoms with Crippen molar-refractivity contribution in [1.82, 2.24) is 4.68 Å². The predicted molar refractivity (Wildman–Crippen MR) is 128 cm³/mol. The molecule has 0 spiro atoms. The van der Waals surface area contributed by atoms with E-state index in [0.717, 1.165) is 33.1 Å².